The molecule has 2 aromatic rings. The van der Waals surface area contributed by atoms with Crippen LogP contribution in [-0.2, 0) is 16.4 Å². The summed E-state index contributed by atoms with van der Waals surface area (Å²) in [7, 11) is -3.47. The van der Waals surface area contributed by atoms with E-state index in [1.165, 1.54) is 19.3 Å². The summed E-state index contributed by atoms with van der Waals surface area (Å²) in [4.78, 5) is 7.31. The Balaban J connectivity index is 1.54. The lowest BCUT2D eigenvalue weighted by atomic mass is 10.0. The van der Waals surface area contributed by atoms with E-state index in [1.807, 2.05) is 17.5 Å². The van der Waals surface area contributed by atoms with Crippen molar-refractivity contribution in [3.8, 4) is 0 Å². The van der Waals surface area contributed by atoms with E-state index in [0.717, 1.165) is 29.5 Å². The molecule has 1 aliphatic heterocycles. The van der Waals surface area contributed by atoms with Crippen LogP contribution >= 0.6 is 11.3 Å². The normalized spacial score (nSPS) is 15.6. The van der Waals surface area contributed by atoms with Crippen molar-refractivity contribution in [1.82, 2.24) is 9.71 Å². The first kappa shape index (κ1) is 19.3. The van der Waals surface area contributed by atoms with Crippen molar-refractivity contribution in [2.24, 2.45) is 0 Å². The van der Waals surface area contributed by atoms with Crippen molar-refractivity contribution in [2.45, 2.75) is 50.3 Å². The fourth-order valence-electron chi connectivity index (χ4n) is 3.07. The number of thiazole rings is 1. The second-order valence-corrected chi connectivity index (χ2v) is 9.64. The van der Waals surface area contributed by atoms with Gasteiger partial charge in [-0.05, 0) is 42.9 Å². The molecule has 0 radical (unpaired) electrons. The minimum absolute atomic E-state index is 0.314. The number of nitrogens with one attached hydrogen (secondary N) is 1. The van der Waals surface area contributed by atoms with Gasteiger partial charge in [0.15, 0.2) is 5.13 Å². The largest absolute Gasteiger partial charge is 0.348 e. The molecule has 0 saturated carbocycles. The molecular formula is C19H27N3O2S2. The van der Waals surface area contributed by atoms with Crippen LogP contribution in [0.3, 0.4) is 0 Å². The smallest absolute Gasteiger partial charge is 0.240 e. The average molecular weight is 394 g/mol. The highest BCUT2D eigenvalue weighted by atomic mass is 32.2. The van der Waals surface area contributed by atoms with Gasteiger partial charge in [-0.3, -0.25) is 0 Å². The molecule has 0 spiro atoms. The number of aromatic nitrogens is 1. The highest BCUT2D eigenvalue weighted by molar-refractivity contribution is 7.89. The zero-order valence-corrected chi connectivity index (χ0v) is 17.1. The molecule has 1 aliphatic rings. The van der Waals surface area contributed by atoms with E-state index in [2.05, 4.69) is 28.5 Å². The van der Waals surface area contributed by atoms with Gasteiger partial charge in [-0.25, -0.2) is 18.1 Å². The SMILES string of the molecule is CC(C)c1ccc(S(=O)(=O)NCCc2csc(N3CCCCC3)n2)cc1. The first-order chi connectivity index (χ1) is 12.5. The molecule has 7 heteroatoms. The fourth-order valence-corrected chi connectivity index (χ4v) is 5.02. The Hall–Kier alpha value is -1.44. The summed E-state index contributed by atoms with van der Waals surface area (Å²) in [6.07, 6.45) is 4.36. The van der Waals surface area contributed by atoms with Crippen LogP contribution < -0.4 is 9.62 Å². The third kappa shape index (κ3) is 4.84. The van der Waals surface area contributed by atoms with Crippen LogP contribution in [0.1, 0.15) is 50.3 Å². The molecule has 1 aromatic carbocycles. The standard InChI is InChI=1S/C19H27N3O2S2/c1-15(2)16-6-8-18(9-7-16)26(23,24)20-11-10-17-14-25-19(21-17)22-12-4-3-5-13-22/h6-9,14-15,20H,3-5,10-13H2,1-2H3. The van der Waals surface area contributed by atoms with Crippen molar-refractivity contribution >= 4 is 26.5 Å². The number of hydrogen-bond acceptors (Lipinski definition) is 5. The molecule has 26 heavy (non-hydrogen) atoms. The third-order valence-corrected chi connectivity index (χ3v) is 7.12. The first-order valence-electron chi connectivity index (χ1n) is 9.25. The van der Waals surface area contributed by atoms with Crippen LogP contribution in [0.4, 0.5) is 5.13 Å². The summed E-state index contributed by atoms with van der Waals surface area (Å²) in [5.74, 6) is 0.387. The zero-order chi connectivity index (χ0) is 18.6. The van der Waals surface area contributed by atoms with Crippen LogP contribution in [0.5, 0.6) is 0 Å². The Bertz CT molecular complexity index is 808. The summed E-state index contributed by atoms with van der Waals surface area (Å²) in [5, 5.41) is 3.10. The van der Waals surface area contributed by atoms with E-state index in [0.29, 0.717) is 23.8 Å². The van der Waals surface area contributed by atoms with Crippen LogP contribution in [0.2, 0.25) is 0 Å². The van der Waals surface area contributed by atoms with Crippen molar-refractivity contribution in [3.63, 3.8) is 0 Å². The van der Waals surface area contributed by atoms with Gasteiger partial charge >= 0.3 is 0 Å². The van der Waals surface area contributed by atoms with E-state index >= 15 is 0 Å². The Morgan fingerprint density at radius 1 is 1.15 bits per heavy atom. The Morgan fingerprint density at radius 2 is 1.85 bits per heavy atom. The second-order valence-electron chi connectivity index (χ2n) is 7.04. The molecule has 5 nitrogen and oxygen atoms in total. The molecule has 1 fully saturated rings. The number of piperidine rings is 1. The van der Waals surface area contributed by atoms with Crippen molar-refractivity contribution in [3.05, 3.63) is 40.9 Å². The van der Waals surface area contributed by atoms with Gasteiger partial charge in [0.2, 0.25) is 10.0 Å². The van der Waals surface area contributed by atoms with Gasteiger partial charge in [-0.2, -0.15) is 0 Å². The molecule has 2 heterocycles. The predicted octanol–water partition coefficient (Wildman–Crippen LogP) is 3.78. The maximum atomic E-state index is 12.4. The third-order valence-electron chi connectivity index (χ3n) is 4.70. The predicted molar refractivity (Wildman–Crippen MR) is 108 cm³/mol. The highest BCUT2D eigenvalue weighted by Crippen LogP contribution is 2.24. The zero-order valence-electron chi connectivity index (χ0n) is 15.4. The Kier molecular flexibility index (Phi) is 6.32. The number of anilines is 1. The number of hydrogen-bond donors (Lipinski definition) is 1. The van der Waals surface area contributed by atoms with Crippen LogP contribution in [0.25, 0.3) is 0 Å². The number of rotatable bonds is 7. The molecule has 1 N–H and O–H groups in total. The Morgan fingerprint density at radius 3 is 2.50 bits per heavy atom. The van der Waals surface area contributed by atoms with Gasteiger partial charge in [-0.15, -0.1) is 11.3 Å². The van der Waals surface area contributed by atoms with Gasteiger partial charge in [0, 0.05) is 31.4 Å². The molecular weight excluding hydrogens is 366 g/mol. The van der Waals surface area contributed by atoms with Gasteiger partial charge in [0.25, 0.3) is 0 Å². The fraction of sp³-hybridized carbons (Fsp3) is 0.526. The summed E-state index contributed by atoms with van der Waals surface area (Å²) in [6.45, 7) is 6.69. The first-order valence-corrected chi connectivity index (χ1v) is 11.6. The second kappa shape index (κ2) is 8.50. The summed E-state index contributed by atoms with van der Waals surface area (Å²) in [6, 6.07) is 7.11. The minimum atomic E-state index is -3.47. The van der Waals surface area contributed by atoms with E-state index < -0.39 is 10.0 Å². The monoisotopic (exact) mass is 393 g/mol. The molecule has 3 rings (SSSR count). The van der Waals surface area contributed by atoms with Gasteiger partial charge in [0.1, 0.15) is 0 Å². The lowest BCUT2D eigenvalue weighted by Gasteiger charge is -2.25. The summed E-state index contributed by atoms with van der Waals surface area (Å²) >= 11 is 1.65. The molecule has 1 aromatic heterocycles. The van der Waals surface area contributed by atoms with Crippen molar-refractivity contribution in [1.29, 1.82) is 0 Å². The topological polar surface area (TPSA) is 62.3 Å². The van der Waals surface area contributed by atoms with Crippen molar-refractivity contribution < 1.29 is 8.42 Å². The summed E-state index contributed by atoms with van der Waals surface area (Å²) in [5.41, 5.74) is 2.09. The quantitative estimate of drug-likeness (QED) is 0.778. The highest BCUT2D eigenvalue weighted by Gasteiger charge is 2.16. The molecule has 0 unspecified atom stereocenters. The van der Waals surface area contributed by atoms with E-state index in [9.17, 15) is 8.42 Å². The molecule has 0 atom stereocenters. The van der Waals surface area contributed by atoms with E-state index in [1.54, 1.807) is 23.5 Å². The maximum absolute atomic E-state index is 12.4. The number of nitrogens with zero attached hydrogens (tertiary/aromatic N) is 2. The average Bonchev–Trinajstić information content (AvgIpc) is 3.11. The minimum Gasteiger partial charge on any atom is -0.348 e. The molecule has 142 valence electrons. The maximum Gasteiger partial charge on any atom is 0.240 e. The van der Waals surface area contributed by atoms with Gasteiger partial charge in [-0.1, -0.05) is 26.0 Å². The molecule has 0 bridgehead atoms. The molecule has 0 amide bonds. The van der Waals surface area contributed by atoms with Crippen LogP contribution in [0, 0.1) is 0 Å². The lowest BCUT2D eigenvalue weighted by molar-refractivity contribution is 0.575. The van der Waals surface area contributed by atoms with Crippen LogP contribution in [0.15, 0.2) is 34.5 Å². The molecule has 1 saturated heterocycles. The van der Waals surface area contributed by atoms with Gasteiger partial charge in [0.05, 0.1) is 10.6 Å². The Labute approximate surface area is 160 Å². The van der Waals surface area contributed by atoms with Gasteiger partial charge < -0.3 is 4.90 Å². The number of sulfonamides is 1. The lowest BCUT2D eigenvalue weighted by Crippen LogP contribution is -2.29. The van der Waals surface area contributed by atoms with E-state index in [4.69, 9.17) is 0 Å². The van der Waals surface area contributed by atoms with Crippen molar-refractivity contribution in [2.75, 3.05) is 24.5 Å². The molecule has 0 aliphatic carbocycles. The summed E-state index contributed by atoms with van der Waals surface area (Å²) < 4.78 is 27.5. The number of benzene rings is 1. The van der Waals surface area contributed by atoms with E-state index in [-0.39, 0.29) is 0 Å². The van der Waals surface area contributed by atoms with Crippen LogP contribution in [-0.4, -0.2) is 33.0 Å².